The zero-order valence-electron chi connectivity index (χ0n) is 13.5. The zero-order valence-corrected chi connectivity index (χ0v) is 15.1. The number of hydrogen-bond donors (Lipinski definition) is 1. The van der Waals surface area contributed by atoms with Crippen LogP contribution in [-0.2, 0) is 20.1 Å². The molecule has 2 fully saturated rings. The Balaban J connectivity index is 1.46. The summed E-state index contributed by atoms with van der Waals surface area (Å²) in [5, 5.41) is 7.16. The van der Waals surface area contributed by atoms with Crippen LogP contribution in [-0.4, -0.2) is 20.9 Å². The molecule has 0 aromatic carbocycles. The van der Waals surface area contributed by atoms with Crippen LogP contribution in [0.2, 0.25) is 0 Å². The van der Waals surface area contributed by atoms with Crippen molar-refractivity contribution < 1.29 is 4.90 Å². The fraction of sp³-hybridized carbons (Fsp3) is 0.647. The van der Waals surface area contributed by atoms with Gasteiger partial charge >= 0.3 is 0 Å². The molecule has 1 aliphatic heterocycles. The van der Waals surface area contributed by atoms with Gasteiger partial charge in [0, 0.05) is 35.7 Å². The van der Waals surface area contributed by atoms with Gasteiger partial charge in [0.1, 0.15) is 11.9 Å². The van der Waals surface area contributed by atoms with E-state index < -0.39 is 0 Å². The standard InChI is InChI=1S/C17H22N4S2/c1-19-16(12-4-5-12)18-21(17(19)22)10-20-8-6-14-13(7-9-23-14)15(20)11-2-3-11/h7,9,11-12,15H,2-6,8,10H2,1H3/p+1/t15-/m0/s1. The number of nitrogens with one attached hydrogen (secondary N) is 1. The summed E-state index contributed by atoms with van der Waals surface area (Å²) in [7, 11) is 2.08. The van der Waals surface area contributed by atoms with Crippen molar-refractivity contribution in [1.29, 1.82) is 0 Å². The lowest BCUT2D eigenvalue weighted by Gasteiger charge is -2.32. The predicted molar refractivity (Wildman–Crippen MR) is 93.3 cm³/mol. The van der Waals surface area contributed by atoms with Crippen LogP contribution >= 0.6 is 23.6 Å². The Labute approximate surface area is 145 Å². The Morgan fingerprint density at radius 2 is 2.17 bits per heavy atom. The van der Waals surface area contributed by atoms with Crippen LogP contribution in [0.25, 0.3) is 0 Å². The fourth-order valence-electron chi connectivity index (χ4n) is 4.17. The highest BCUT2D eigenvalue weighted by Gasteiger charge is 2.43. The third kappa shape index (κ3) is 2.42. The van der Waals surface area contributed by atoms with Gasteiger partial charge in [-0.05, 0) is 49.3 Å². The first-order valence-corrected chi connectivity index (χ1v) is 10.1. The van der Waals surface area contributed by atoms with Crippen molar-refractivity contribution in [2.24, 2.45) is 13.0 Å². The molecule has 0 spiro atoms. The van der Waals surface area contributed by atoms with E-state index in [0.717, 1.165) is 17.4 Å². The molecule has 0 saturated heterocycles. The van der Waals surface area contributed by atoms with E-state index >= 15 is 0 Å². The highest BCUT2D eigenvalue weighted by molar-refractivity contribution is 7.71. The van der Waals surface area contributed by atoms with E-state index in [2.05, 4.69) is 27.7 Å². The maximum absolute atomic E-state index is 5.66. The van der Waals surface area contributed by atoms with Gasteiger partial charge in [0.05, 0.1) is 6.54 Å². The van der Waals surface area contributed by atoms with Crippen molar-refractivity contribution in [2.45, 2.75) is 50.7 Å². The zero-order chi connectivity index (χ0) is 15.6. The maximum atomic E-state index is 5.66. The lowest BCUT2D eigenvalue weighted by molar-refractivity contribution is -0.958. The van der Waals surface area contributed by atoms with Crippen LogP contribution in [0.3, 0.4) is 0 Å². The lowest BCUT2D eigenvalue weighted by atomic mass is 9.96. The molecule has 5 rings (SSSR count). The summed E-state index contributed by atoms with van der Waals surface area (Å²) in [6.07, 6.45) is 6.55. The van der Waals surface area contributed by atoms with Gasteiger partial charge in [-0.3, -0.25) is 0 Å². The minimum absolute atomic E-state index is 0.655. The third-order valence-corrected chi connectivity index (χ3v) is 7.17. The molecule has 2 atom stereocenters. The van der Waals surface area contributed by atoms with E-state index in [1.165, 1.54) is 44.5 Å². The molecule has 0 bridgehead atoms. The van der Waals surface area contributed by atoms with Crippen LogP contribution in [0.15, 0.2) is 11.4 Å². The highest BCUT2D eigenvalue weighted by atomic mass is 32.1. The fourth-order valence-corrected chi connectivity index (χ4v) is 5.30. The van der Waals surface area contributed by atoms with Crippen molar-refractivity contribution in [3.05, 3.63) is 32.5 Å². The smallest absolute Gasteiger partial charge is 0.202 e. The summed E-state index contributed by atoms with van der Waals surface area (Å²) in [5.41, 5.74) is 1.61. The van der Waals surface area contributed by atoms with Gasteiger partial charge in [0.2, 0.25) is 4.77 Å². The summed E-state index contributed by atoms with van der Waals surface area (Å²) in [4.78, 5) is 3.28. The number of aromatic nitrogens is 3. The van der Waals surface area contributed by atoms with Gasteiger partial charge in [-0.1, -0.05) is 0 Å². The molecule has 2 aromatic heterocycles. The second-order valence-corrected chi connectivity index (χ2v) is 8.77. The van der Waals surface area contributed by atoms with Gasteiger partial charge in [-0.15, -0.1) is 11.3 Å². The molecule has 1 unspecified atom stereocenters. The second-order valence-electron chi connectivity index (χ2n) is 7.40. The molecule has 3 aliphatic rings. The third-order valence-electron chi connectivity index (χ3n) is 5.69. The van der Waals surface area contributed by atoms with Crippen molar-refractivity contribution >= 4 is 23.6 Å². The molecule has 3 heterocycles. The van der Waals surface area contributed by atoms with Crippen molar-refractivity contribution in [2.75, 3.05) is 6.54 Å². The van der Waals surface area contributed by atoms with Gasteiger partial charge in [0.15, 0.2) is 6.67 Å². The van der Waals surface area contributed by atoms with Gasteiger partial charge in [0.25, 0.3) is 0 Å². The molecule has 0 amide bonds. The first-order valence-electron chi connectivity index (χ1n) is 8.77. The van der Waals surface area contributed by atoms with Crippen molar-refractivity contribution in [3.8, 4) is 0 Å². The first-order chi connectivity index (χ1) is 11.2. The monoisotopic (exact) mass is 347 g/mol. The molecule has 1 N–H and O–H groups in total. The molecular weight excluding hydrogens is 324 g/mol. The summed E-state index contributed by atoms with van der Waals surface area (Å²) in [5.74, 6) is 2.73. The topological polar surface area (TPSA) is 27.2 Å². The van der Waals surface area contributed by atoms with Crippen LogP contribution in [0.4, 0.5) is 0 Å². The molecule has 2 saturated carbocycles. The quantitative estimate of drug-likeness (QED) is 0.860. The van der Waals surface area contributed by atoms with Crippen LogP contribution in [0.5, 0.6) is 0 Å². The van der Waals surface area contributed by atoms with Gasteiger partial charge in [-0.2, -0.15) is 9.78 Å². The van der Waals surface area contributed by atoms with Crippen molar-refractivity contribution in [3.63, 3.8) is 0 Å². The number of rotatable bonds is 4. The number of fused-ring (bicyclic) bond motifs is 1. The molecular formula is C17H23N4S2+. The van der Waals surface area contributed by atoms with Crippen LogP contribution < -0.4 is 4.90 Å². The second kappa shape index (κ2) is 5.26. The summed E-state index contributed by atoms with van der Waals surface area (Å²) in [6.45, 7) is 2.14. The minimum Gasteiger partial charge on any atom is -0.310 e. The molecule has 2 aliphatic carbocycles. The minimum atomic E-state index is 0.655. The average molecular weight is 348 g/mol. The highest BCUT2D eigenvalue weighted by Crippen LogP contribution is 2.42. The summed E-state index contributed by atoms with van der Waals surface area (Å²) in [6, 6.07) is 3.04. The predicted octanol–water partition coefficient (Wildman–Crippen LogP) is 2.44. The van der Waals surface area contributed by atoms with Crippen LogP contribution in [0, 0.1) is 10.7 Å². The Hall–Kier alpha value is -0.980. The van der Waals surface area contributed by atoms with Crippen LogP contribution in [0.1, 0.15) is 53.9 Å². The Morgan fingerprint density at radius 1 is 1.35 bits per heavy atom. The van der Waals surface area contributed by atoms with Gasteiger partial charge in [-0.25, -0.2) is 0 Å². The van der Waals surface area contributed by atoms with E-state index in [1.54, 1.807) is 15.3 Å². The SMILES string of the molecule is Cn1c(C2CC2)nn(C[NH+]2CCc3sccc3[C@@H]2C2CC2)c1=S. The number of hydrogen-bond acceptors (Lipinski definition) is 3. The normalized spacial score (nSPS) is 27.2. The Kier molecular flexibility index (Phi) is 3.29. The molecule has 0 radical (unpaired) electrons. The van der Waals surface area contributed by atoms with E-state index in [1.807, 2.05) is 11.3 Å². The van der Waals surface area contributed by atoms with E-state index in [9.17, 15) is 0 Å². The molecule has 6 heteroatoms. The van der Waals surface area contributed by atoms with E-state index in [0.29, 0.717) is 12.0 Å². The van der Waals surface area contributed by atoms with E-state index in [4.69, 9.17) is 17.3 Å². The maximum Gasteiger partial charge on any atom is 0.202 e. The Bertz CT molecular complexity index is 794. The van der Waals surface area contributed by atoms with Gasteiger partial charge < -0.3 is 9.47 Å². The summed E-state index contributed by atoms with van der Waals surface area (Å²) >= 11 is 7.61. The summed E-state index contributed by atoms with van der Waals surface area (Å²) < 4.78 is 5.13. The molecule has 23 heavy (non-hydrogen) atoms. The first kappa shape index (κ1) is 14.4. The number of quaternary nitrogens is 1. The van der Waals surface area contributed by atoms with E-state index in [-0.39, 0.29) is 0 Å². The largest absolute Gasteiger partial charge is 0.310 e. The average Bonchev–Trinajstić information content (AvgIpc) is 3.47. The molecule has 4 nitrogen and oxygen atoms in total. The Morgan fingerprint density at radius 3 is 2.91 bits per heavy atom. The number of nitrogens with zero attached hydrogens (tertiary/aromatic N) is 3. The number of thiophene rings is 1. The van der Waals surface area contributed by atoms with Crippen molar-refractivity contribution in [1.82, 2.24) is 14.3 Å². The lowest BCUT2D eigenvalue weighted by Crippen LogP contribution is -3.13. The molecule has 2 aromatic rings. The molecule has 122 valence electrons.